The Hall–Kier alpha value is -2.80. The molecule has 4 rings (SSSR count). The predicted molar refractivity (Wildman–Crippen MR) is 123 cm³/mol. The molecule has 2 amide bonds. The van der Waals surface area contributed by atoms with Crippen molar-refractivity contribution < 1.29 is 9.59 Å². The fourth-order valence-corrected chi connectivity index (χ4v) is 4.63. The van der Waals surface area contributed by atoms with E-state index >= 15 is 0 Å². The van der Waals surface area contributed by atoms with E-state index in [2.05, 4.69) is 39.1 Å². The van der Waals surface area contributed by atoms with Gasteiger partial charge in [-0.1, -0.05) is 30.3 Å². The number of hydrogen-bond donors (Lipinski definition) is 0. The van der Waals surface area contributed by atoms with Crippen molar-refractivity contribution in [2.45, 2.75) is 39.2 Å². The number of nitrogens with zero attached hydrogens (tertiary/aromatic N) is 5. The van der Waals surface area contributed by atoms with Crippen LogP contribution in [0.15, 0.2) is 42.7 Å². The van der Waals surface area contributed by atoms with Gasteiger partial charge in [0, 0.05) is 58.4 Å². The summed E-state index contributed by atoms with van der Waals surface area (Å²) in [6, 6.07) is 10.5. The van der Waals surface area contributed by atoms with Gasteiger partial charge in [-0.15, -0.1) is 0 Å². The first-order valence-electron chi connectivity index (χ1n) is 11.7. The van der Waals surface area contributed by atoms with Crippen LogP contribution in [0, 0.1) is 12.8 Å². The summed E-state index contributed by atoms with van der Waals surface area (Å²) in [5.74, 6) is 0.565. The first kappa shape index (κ1) is 22.4. The van der Waals surface area contributed by atoms with Gasteiger partial charge in [-0.05, 0) is 37.7 Å². The molecule has 1 aromatic heterocycles. The predicted octanol–water partition coefficient (Wildman–Crippen LogP) is 2.76. The van der Waals surface area contributed by atoms with Gasteiger partial charge in [-0.25, -0.2) is 4.98 Å². The monoisotopic (exact) mass is 435 g/mol. The molecule has 32 heavy (non-hydrogen) atoms. The van der Waals surface area contributed by atoms with Crippen molar-refractivity contribution in [1.29, 1.82) is 0 Å². The number of piperidine rings is 1. The smallest absolute Gasteiger partial charge is 0.274 e. The van der Waals surface area contributed by atoms with Gasteiger partial charge in [0.25, 0.3) is 5.91 Å². The highest BCUT2D eigenvalue weighted by Crippen LogP contribution is 2.23. The number of aryl methyl sites for hydroxylation is 1. The Kier molecular flexibility index (Phi) is 7.47. The van der Waals surface area contributed by atoms with Crippen LogP contribution in [0.25, 0.3) is 0 Å². The second-order valence-corrected chi connectivity index (χ2v) is 8.98. The van der Waals surface area contributed by atoms with Crippen molar-refractivity contribution in [3.05, 3.63) is 59.7 Å². The van der Waals surface area contributed by atoms with E-state index in [1.54, 1.807) is 12.4 Å². The van der Waals surface area contributed by atoms with Crippen LogP contribution >= 0.6 is 0 Å². The number of aromatic nitrogens is 2. The third-order valence-electron chi connectivity index (χ3n) is 6.55. The lowest BCUT2D eigenvalue weighted by molar-refractivity contribution is -0.133. The number of amides is 2. The summed E-state index contributed by atoms with van der Waals surface area (Å²) in [6.07, 6.45) is 6.64. The molecule has 2 aromatic rings. The van der Waals surface area contributed by atoms with E-state index in [1.807, 2.05) is 22.8 Å². The van der Waals surface area contributed by atoms with Crippen molar-refractivity contribution >= 4 is 11.8 Å². The summed E-state index contributed by atoms with van der Waals surface area (Å²) in [4.78, 5) is 40.2. The third-order valence-corrected chi connectivity index (χ3v) is 6.55. The van der Waals surface area contributed by atoms with Crippen molar-refractivity contribution in [1.82, 2.24) is 24.7 Å². The van der Waals surface area contributed by atoms with Crippen molar-refractivity contribution in [3.63, 3.8) is 0 Å². The number of carbonyl (C=O) groups is 2. The molecule has 0 saturated carbocycles. The molecule has 7 heteroatoms. The number of hydrogen-bond acceptors (Lipinski definition) is 5. The molecule has 3 heterocycles. The fourth-order valence-electron chi connectivity index (χ4n) is 4.63. The van der Waals surface area contributed by atoms with Gasteiger partial charge in [0.1, 0.15) is 5.69 Å². The molecule has 0 aliphatic carbocycles. The van der Waals surface area contributed by atoms with E-state index in [0.717, 1.165) is 64.2 Å². The standard InChI is InChI=1S/C25H33N5O2/c1-20-16-27-23(17-26-20)25(32)30-11-5-8-22(19-30)9-10-24(31)29-14-12-28(13-15-29)18-21-6-3-2-4-7-21/h2-4,6-7,16-17,22H,5,8-15,18-19H2,1H3. The second kappa shape index (κ2) is 10.7. The zero-order valence-corrected chi connectivity index (χ0v) is 18.9. The lowest BCUT2D eigenvalue weighted by atomic mass is 9.93. The molecule has 2 saturated heterocycles. The van der Waals surface area contributed by atoms with E-state index in [1.165, 1.54) is 5.56 Å². The molecule has 1 atom stereocenters. The van der Waals surface area contributed by atoms with E-state index in [4.69, 9.17) is 0 Å². The van der Waals surface area contributed by atoms with Crippen LogP contribution in [-0.4, -0.2) is 75.8 Å². The Labute approximate surface area is 190 Å². The first-order chi connectivity index (χ1) is 15.6. The Morgan fingerprint density at radius 2 is 1.75 bits per heavy atom. The summed E-state index contributed by atoms with van der Waals surface area (Å²) >= 11 is 0. The third kappa shape index (κ3) is 5.91. The average molecular weight is 436 g/mol. The molecule has 0 bridgehead atoms. The highest BCUT2D eigenvalue weighted by atomic mass is 16.2. The van der Waals surface area contributed by atoms with Crippen LogP contribution in [0.2, 0.25) is 0 Å². The highest BCUT2D eigenvalue weighted by molar-refractivity contribution is 5.92. The minimum absolute atomic E-state index is 0.0527. The maximum Gasteiger partial charge on any atom is 0.274 e. The van der Waals surface area contributed by atoms with E-state index in [9.17, 15) is 9.59 Å². The summed E-state index contributed by atoms with van der Waals surface area (Å²) in [7, 11) is 0. The quantitative estimate of drug-likeness (QED) is 0.698. The lowest BCUT2D eigenvalue weighted by Gasteiger charge is -2.36. The zero-order chi connectivity index (χ0) is 22.3. The van der Waals surface area contributed by atoms with Crippen LogP contribution < -0.4 is 0 Å². The molecule has 1 unspecified atom stereocenters. The SMILES string of the molecule is Cc1cnc(C(=O)N2CCCC(CCC(=O)N3CCN(Cc4ccccc4)CC3)C2)cn1. The van der Waals surface area contributed by atoms with Crippen LogP contribution in [0.4, 0.5) is 0 Å². The van der Waals surface area contributed by atoms with Gasteiger partial charge in [-0.2, -0.15) is 0 Å². The van der Waals surface area contributed by atoms with Crippen LogP contribution in [-0.2, 0) is 11.3 Å². The molecule has 2 aliphatic heterocycles. The molecular weight excluding hydrogens is 402 g/mol. The van der Waals surface area contributed by atoms with Crippen LogP contribution in [0.5, 0.6) is 0 Å². The van der Waals surface area contributed by atoms with Crippen molar-refractivity contribution in [2.75, 3.05) is 39.3 Å². The number of benzene rings is 1. The second-order valence-electron chi connectivity index (χ2n) is 8.98. The lowest BCUT2D eigenvalue weighted by Crippen LogP contribution is -2.48. The number of carbonyl (C=O) groups excluding carboxylic acids is 2. The molecule has 170 valence electrons. The van der Waals surface area contributed by atoms with E-state index < -0.39 is 0 Å². The summed E-state index contributed by atoms with van der Waals surface area (Å²) < 4.78 is 0. The number of likely N-dealkylation sites (tertiary alicyclic amines) is 1. The molecule has 0 radical (unpaired) electrons. The molecule has 0 spiro atoms. The molecule has 2 aliphatic rings. The number of piperazine rings is 1. The van der Waals surface area contributed by atoms with Gasteiger partial charge in [0.05, 0.1) is 11.9 Å². The fraction of sp³-hybridized carbons (Fsp3) is 0.520. The summed E-state index contributed by atoms with van der Waals surface area (Å²) in [6.45, 7) is 7.70. The molecule has 0 N–H and O–H groups in total. The summed E-state index contributed by atoms with van der Waals surface area (Å²) in [5.41, 5.74) is 2.53. The minimum atomic E-state index is -0.0527. The largest absolute Gasteiger partial charge is 0.340 e. The van der Waals surface area contributed by atoms with E-state index in [-0.39, 0.29) is 11.8 Å². The normalized spacial score (nSPS) is 19.7. The van der Waals surface area contributed by atoms with Gasteiger partial charge in [-0.3, -0.25) is 19.5 Å². The maximum absolute atomic E-state index is 12.8. The van der Waals surface area contributed by atoms with Crippen LogP contribution in [0.3, 0.4) is 0 Å². The van der Waals surface area contributed by atoms with Gasteiger partial charge in [0.15, 0.2) is 0 Å². The average Bonchev–Trinajstić information content (AvgIpc) is 2.84. The van der Waals surface area contributed by atoms with Crippen LogP contribution in [0.1, 0.15) is 47.4 Å². The topological polar surface area (TPSA) is 69.6 Å². The van der Waals surface area contributed by atoms with Gasteiger partial charge < -0.3 is 9.80 Å². The number of rotatable bonds is 6. The van der Waals surface area contributed by atoms with Gasteiger partial charge in [0.2, 0.25) is 5.91 Å². The molecular formula is C25H33N5O2. The Morgan fingerprint density at radius 3 is 2.47 bits per heavy atom. The summed E-state index contributed by atoms with van der Waals surface area (Å²) in [5, 5.41) is 0. The zero-order valence-electron chi connectivity index (χ0n) is 18.9. The van der Waals surface area contributed by atoms with E-state index in [0.29, 0.717) is 24.6 Å². The van der Waals surface area contributed by atoms with Crippen molar-refractivity contribution in [3.8, 4) is 0 Å². The first-order valence-corrected chi connectivity index (χ1v) is 11.7. The Morgan fingerprint density at radius 1 is 0.969 bits per heavy atom. The maximum atomic E-state index is 12.8. The van der Waals surface area contributed by atoms with Gasteiger partial charge >= 0.3 is 0 Å². The Balaban J connectivity index is 1.20. The Bertz CT molecular complexity index is 894. The van der Waals surface area contributed by atoms with Crippen molar-refractivity contribution in [2.24, 2.45) is 5.92 Å². The highest BCUT2D eigenvalue weighted by Gasteiger charge is 2.27. The molecule has 2 fully saturated rings. The minimum Gasteiger partial charge on any atom is -0.340 e. The molecule has 1 aromatic carbocycles. The molecule has 7 nitrogen and oxygen atoms in total.